The monoisotopic (exact) mass is 842 g/mol. The fourth-order valence-electron chi connectivity index (χ4n) is 7.93. The molecule has 12 heteroatoms. The molecule has 6 aromatic carbocycles. The number of rotatable bonds is 6. The maximum absolute atomic E-state index is 14.0. The van der Waals surface area contributed by atoms with Crippen molar-refractivity contribution in [3.8, 4) is 56.3 Å². The van der Waals surface area contributed by atoms with Gasteiger partial charge in [-0.2, -0.15) is 26.3 Å². The molecule has 1 unspecified atom stereocenters. The summed E-state index contributed by atoms with van der Waals surface area (Å²) in [4.78, 5) is 30.2. The Labute approximate surface area is 356 Å². The second-order valence-electron chi connectivity index (χ2n) is 15.4. The average molecular weight is 843 g/mol. The lowest BCUT2D eigenvalue weighted by Crippen LogP contribution is -2.06. The van der Waals surface area contributed by atoms with E-state index in [-0.39, 0.29) is 28.0 Å². The van der Waals surface area contributed by atoms with Crippen LogP contribution in [0, 0.1) is 6.92 Å². The lowest BCUT2D eigenvalue weighted by Gasteiger charge is -2.20. The maximum Gasteiger partial charge on any atom is 0.416 e. The molecular formula is C51H32F6N6. The Bertz CT molecular complexity index is 3150. The van der Waals surface area contributed by atoms with Gasteiger partial charge in [0.15, 0.2) is 0 Å². The third kappa shape index (κ3) is 7.69. The number of hydrogen-bond donors (Lipinski definition) is 0. The van der Waals surface area contributed by atoms with Crippen LogP contribution in [0.3, 0.4) is 0 Å². The molecular weight excluding hydrogens is 811 g/mol. The van der Waals surface area contributed by atoms with Gasteiger partial charge in [0.2, 0.25) is 0 Å². The van der Waals surface area contributed by atoms with Crippen molar-refractivity contribution in [1.29, 1.82) is 0 Å². The normalized spacial score (nSPS) is 14.2. The predicted octanol–water partition coefficient (Wildman–Crippen LogP) is 13.8. The molecule has 0 bridgehead atoms. The van der Waals surface area contributed by atoms with Crippen LogP contribution in [0.5, 0.6) is 0 Å². The quantitative estimate of drug-likeness (QED) is 0.155. The molecule has 0 fully saturated rings. The topological polar surface area (TPSA) is 77.3 Å². The molecule has 1 aliphatic carbocycles. The first-order valence-corrected chi connectivity index (χ1v) is 20.0. The van der Waals surface area contributed by atoms with Crippen molar-refractivity contribution in [3.63, 3.8) is 0 Å². The van der Waals surface area contributed by atoms with Crippen LogP contribution >= 0.6 is 0 Å². The first-order valence-electron chi connectivity index (χ1n) is 20.0. The zero-order valence-corrected chi connectivity index (χ0v) is 33.2. The number of aromatic nitrogens is 6. The molecule has 308 valence electrons. The van der Waals surface area contributed by atoms with Crippen LogP contribution in [0.2, 0.25) is 0 Å². The molecule has 0 amide bonds. The summed E-state index contributed by atoms with van der Waals surface area (Å²) in [6, 6.07) is 36.3. The van der Waals surface area contributed by atoms with Gasteiger partial charge in [-0.05, 0) is 85.6 Å². The molecule has 0 N–H and O–H groups in total. The van der Waals surface area contributed by atoms with E-state index in [1.165, 1.54) is 12.1 Å². The van der Waals surface area contributed by atoms with Gasteiger partial charge in [-0.3, -0.25) is 0 Å². The molecule has 10 rings (SSSR count). The van der Waals surface area contributed by atoms with E-state index in [0.717, 1.165) is 41.0 Å². The molecule has 63 heavy (non-hydrogen) atoms. The number of benzene rings is 6. The van der Waals surface area contributed by atoms with Crippen molar-refractivity contribution in [2.24, 2.45) is 0 Å². The fraction of sp³-hybridized carbons (Fsp3) is 0.0980. The third-order valence-corrected chi connectivity index (χ3v) is 11.0. The van der Waals surface area contributed by atoms with Gasteiger partial charge in [0.25, 0.3) is 0 Å². The van der Waals surface area contributed by atoms with Crippen LogP contribution in [-0.2, 0) is 12.4 Å². The van der Waals surface area contributed by atoms with Crippen LogP contribution in [-0.4, -0.2) is 29.9 Å². The van der Waals surface area contributed by atoms with Gasteiger partial charge >= 0.3 is 12.4 Å². The van der Waals surface area contributed by atoms with Gasteiger partial charge in [-0.15, -0.1) is 0 Å². The Morgan fingerprint density at radius 2 is 0.841 bits per heavy atom. The van der Waals surface area contributed by atoms with Crippen LogP contribution in [0.15, 0.2) is 158 Å². The van der Waals surface area contributed by atoms with Crippen molar-refractivity contribution < 1.29 is 26.3 Å². The molecule has 0 saturated heterocycles. The summed E-state index contributed by atoms with van der Waals surface area (Å²) in [5.41, 5.74) is 6.90. The lowest BCUT2D eigenvalue weighted by atomic mass is 9.90. The van der Waals surface area contributed by atoms with E-state index in [4.69, 9.17) is 29.9 Å². The highest BCUT2D eigenvalue weighted by Gasteiger charge is 2.32. The Balaban J connectivity index is 1.30. The van der Waals surface area contributed by atoms with E-state index >= 15 is 0 Å². The molecule has 0 aliphatic heterocycles. The number of hydrogen-bond acceptors (Lipinski definition) is 6. The minimum atomic E-state index is -4.60. The molecule has 0 spiro atoms. The minimum Gasteiger partial charge on any atom is -0.248 e. The highest BCUT2D eigenvalue weighted by molar-refractivity contribution is 5.93. The summed E-state index contributed by atoms with van der Waals surface area (Å²) in [5.74, 6) is -0.138. The van der Waals surface area contributed by atoms with Crippen LogP contribution in [0.4, 0.5) is 26.3 Å². The average Bonchev–Trinajstić information content (AvgIpc) is 3.30. The molecule has 3 heterocycles. The first-order chi connectivity index (χ1) is 30.4. The summed E-state index contributed by atoms with van der Waals surface area (Å²) in [6.07, 6.45) is -0.423. The summed E-state index contributed by atoms with van der Waals surface area (Å²) < 4.78 is 83.9. The minimum absolute atomic E-state index is 0.0592. The number of aryl methyl sites for hydroxylation is 1. The van der Waals surface area contributed by atoms with Crippen LogP contribution in [0.25, 0.3) is 89.4 Å². The number of alkyl halides is 6. The second kappa shape index (κ2) is 15.4. The zero-order valence-electron chi connectivity index (χ0n) is 33.2. The Morgan fingerprint density at radius 1 is 0.413 bits per heavy atom. The molecule has 9 aromatic rings. The van der Waals surface area contributed by atoms with E-state index < -0.39 is 23.5 Å². The molecule has 6 nitrogen and oxygen atoms in total. The highest BCUT2D eigenvalue weighted by Crippen LogP contribution is 2.42. The maximum atomic E-state index is 14.0. The van der Waals surface area contributed by atoms with Gasteiger partial charge in [0.1, 0.15) is 0 Å². The van der Waals surface area contributed by atoms with Gasteiger partial charge in [0.05, 0.1) is 78.4 Å². The zero-order chi connectivity index (χ0) is 43.5. The number of halogens is 6. The highest BCUT2D eigenvalue weighted by atomic mass is 19.4. The third-order valence-electron chi connectivity index (χ3n) is 11.0. The van der Waals surface area contributed by atoms with Gasteiger partial charge < -0.3 is 0 Å². The van der Waals surface area contributed by atoms with Crippen molar-refractivity contribution in [3.05, 3.63) is 180 Å². The largest absolute Gasteiger partial charge is 0.416 e. The second-order valence-corrected chi connectivity index (χ2v) is 15.4. The Morgan fingerprint density at radius 3 is 1.32 bits per heavy atom. The lowest BCUT2D eigenvalue weighted by molar-refractivity contribution is -0.138. The van der Waals surface area contributed by atoms with E-state index in [1.807, 2.05) is 116 Å². The van der Waals surface area contributed by atoms with Crippen LogP contribution in [0.1, 0.15) is 34.7 Å². The van der Waals surface area contributed by atoms with Crippen molar-refractivity contribution in [2.45, 2.75) is 31.6 Å². The Hall–Kier alpha value is -7.60. The summed E-state index contributed by atoms with van der Waals surface area (Å²) in [6.45, 7) is 1.99. The first kappa shape index (κ1) is 39.5. The summed E-state index contributed by atoms with van der Waals surface area (Å²) in [5, 5.41) is 0. The predicted molar refractivity (Wildman–Crippen MR) is 233 cm³/mol. The molecule has 0 saturated carbocycles. The number of nitrogens with zero attached hydrogens (tertiary/aromatic N) is 6. The van der Waals surface area contributed by atoms with Crippen molar-refractivity contribution in [1.82, 2.24) is 29.9 Å². The molecule has 1 aliphatic rings. The Kier molecular flexibility index (Phi) is 9.66. The smallest absolute Gasteiger partial charge is 0.248 e. The van der Waals surface area contributed by atoms with E-state index in [0.29, 0.717) is 68.2 Å². The SMILES string of the molecule is Cc1ccc2nc(-c3cc(-c4nc5ccc(C(F)(F)F)cc5nc4-c4ccccc4)cc(-c4nc5ccc(C(F)(F)F)cc5nc4-c4ccccc4)c3)c(C3C=CC=CC3)nc2c1. The van der Waals surface area contributed by atoms with Crippen molar-refractivity contribution >= 4 is 33.1 Å². The standard InChI is InChI=1S/C51H32F6N6/c1-29-17-20-38-41(23-29)61-44(30-11-5-2-6-12-30)47(58-38)33-24-34(48-45(31-13-7-3-8-14-31)62-42-27-36(50(52,53)54)18-21-39(42)59-48)26-35(25-33)49-46(32-15-9-4-10-16-32)63-43-28-37(51(55,56)57)19-22-40(43)60-49/h2-11,13-28,30H,12H2,1H3. The van der Waals surface area contributed by atoms with E-state index in [9.17, 15) is 26.3 Å². The van der Waals surface area contributed by atoms with Gasteiger partial charge in [0, 0.05) is 33.7 Å². The van der Waals surface area contributed by atoms with E-state index in [1.54, 1.807) is 0 Å². The summed E-state index contributed by atoms with van der Waals surface area (Å²) in [7, 11) is 0. The fourth-order valence-corrected chi connectivity index (χ4v) is 7.93. The summed E-state index contributed by atoms with van der Waals surface area (Å²) >= 11 is 0. The van der Waals surface area contributed by atoms with Crippen LogP contribution < -0.4 is 0 Å². The van der Waals surface area contributed by atoms with Crippen molar-refractivity contribution in [2.75, 3.05) is 0 Å². The molecule has 3 aromatic heterocycles. The number of fused-ring (bicyclic) bond motifs is 3. The van der Waals surface area contributed by atoms with Gasteiger partial charge in [-0.25, -0.2) is 29.9 Å². The molecule has 1 atom stereocenters. The number of allylic oxidation sites excluding steroid dienone is 4. The molecule has 0 radical (unpaired) electrons. The van der Waals surface area contributed by atoms with Gasteiger partial charge in [-0.1, -0.05) is 91.0 Å². The van der Waals surface area contributed by atoms with E-state index in [2.05, 4.69) is 12.2 Å².